The van der Waals surface area contributed by atoms with E-state index in [1.165, 1.54) is 36.2 Å². The number of benzene rings is 2. The summed E-state index contributed by atoms with van der Waals surface area (Å²) in [5.41, 5.74) is 1.52. The second kappa shape index (κ2) is 7.08. The molecule has 130 valence electrons. The molecule has 0 unspecified atom stereocenters. The number of hydrogen-bond donors (Lipinski definition) is 1. The lowest BCUT2D eigenvalue weighted by atomic mass is 10.2. The molecule has 0 radical (unpaired) electrons. The number of anilines is 1. The molecule has 9 heteroatoms. The van der Waals surface area contributed by atoms with Crippen LogP contribution in [0.15, 0.2) is 47.4 Å². The Hall–Kier alpha value is -2.65. The molecule has 1 N–H and O–H groups in total. The maximum atomic E-state index is 13.5. The van der Waals surface area contributed by atoms with Crippen LogP contribution in [0.1, 0.15) is 5.56 Å². The Labute approximate surface area is 146 Å². The van der Waals surface area contributed by atoms with Crippen LogP contribution in [0.4, 0.5) is 15.8 Å². The number of nitro groups is 1. The summed E-state index contributed by atoms with van der Waals surface area (Å²) >= 11 is 1.33. The van der Waals surface area contributed by atoms with Gasteiger partial charge in [0.2, 0.25) is 0 Å². The Balaban J connectivity index is 1.80. The Morgan fingerprint density at radius 2 is 2.00 bits per heavy atom. The number of carboxylic acid groups (broad SMARTS) is 1. The molecule has 0 saturated heterocycles. The van der Waals surface area contributed by atoms with E-state index < -0.39 is 16.7 Å². The van der Waals surface area contributed by atoms with E-state index in [4.69, 9.17) is 5.11 Å². The third-order valence-corrected chi connectivity index (χ3v) is 4.68. The summed E-state index contributed by atoms with van der Waals surface area (Å²) < 4.78 is 15.4. The molecule has 0 aromatic heterocycles. The molecule has 0 amide bonds. The summed E-state index contributed by atoms with van der Waals surface area (Å²) in [6.07, 6.45) is 0. The fourth-order valence-electron chi connectivity index (χ4n) is 2.56. The van der Waals surface area contributed by atoms with E-state index in [1.54, 1.807) is 23.1 Å². The maximum absolute atomic E-state index is 13.5. The van der Waals surface area contributed by atoms with Crippen LogP contribution in [-0.4, -0.2) is 33.5 Å². The predicted molar refractivity (Wildman–Crippen MR) is 90.7 cm³/mol. The number of non-ortho nitro benzene ring substituents is 1. The molecular formula is C16H14FN3O4S. The molecular weight excluding hydrogens is 349 g/mol. The first-order valence-electron chi connectivity index (χ1n) is 7.35. The van der Waals surface area contributed by atoms with E-state index in [1.807, 2.05) is 4.31 Å². The lowest BCUT2D eigenvalue weighted by molar-refractivity contribution is -0.384. The third kappa shape index (κ3) is 4.06. The smallest absolute Gasteiger partial charge is 0.323 e. The molecule has 2 aromatic rings. The van der Waals surface area contributed by atoms with Crippen molar-refractivity contribution in [2.24, 2.45) is 0 Å². The van der Waals surface area contributed by atoms with Crippen LogP contribution in [0, 0.1) is 15.9 Å². The lowest BCUT2D eigenvalue weighted by Gasteiger charge is -2.36. The Morgan fingerprint density at radius 3 is 2.64 bits per heavy atom. The van der Waals surface area contributed by atoms with Crippen LogP contribution in [0.2, 0.25) is 0 Å². The molecule has 7 nitrogen and oxygen atoms in total. The zero-order chi connectivity index (χ0) is 18.0. The molecule has 1 aliphatic rings. The van der Waals surface area contributed by atoms with Gasteiger partial charge in [0, 0.05) is 23.6 Å². The van der Waals surface area contributed by atoms with Gasteiger partial charge in [-0.1, -0.05) is 12.1 Å². The van der Waals surface area contributed by atoms with Crippen molar-refractivity contribution in [3.8, 4) is 0 Å². The van der Waals surface area contributed by atoms with Gasteiger partial charge in [0.1, 0.15) is 12.4 Å². The number of carbonyl (C=O) groups is 1. The Bertz CT molecular complexity index is 816. The van der Waals surface area contributed by atoms with Crippen molar-refractivity contribution in [3.63, 3.8) is 0 Å². The van der Waals surface area contributed by atoms with E-state index in [0.29, 0.717) is 23.8 Å². The van der Waals surface area contributed by atoms with E-state index in [0.717, 1.165) is 5.56 Å². The Kier molecular flexibility index (Phi) is 4.86. The number of nitro benzene ring substituents is 1. The van der Waals surface area contributed by atoms with E-state index in [9.17, 15) is 19.3 Å². The molecule has 0 aliphatic carbocycles. The highest BCUT2D eigenvalue weighted by molar-refractivity contribution is 7.97. The summed E-state index contributed by atoms with van der Waals surface area (Å²) in [5.74, 6) is -1.36. The first-order chi connectivity index (χ1) is 11.9. The quantitative estimate of drug-likeness (QED) is 0.496. The summed E-state index contributed by atoms with van der Waals surface area (Å²) in [7, 11) is 0. The predicted octanol–water partition coefficient (Wildman–Crippen LogP) is 3.11. The first kappa shape index (κ1) is 17.2. The monoisotopic (exact) mass is 363 g/mol. The van der Waals surface area contributed by atoms with Gasteiger partial charge in [0.25, 0.3) is 5.69 Å². The van der Waals surface area contributed by atoms with Crippen LogP contribution in [0.3, 0.4) is 0 Å². The number of carboxylic acids is 1. The van der Waals surface area contributed by atoms with Crippen LogP contribution in [0.5, 0.6) is 0 Å². The SMILES string of the molecule is O=C(O)CN1CN(Cc2ccc([N+](=O)[O-])cc2)Sc2cc(F)ccc21. The van der Waals surface area contributed by atoms with Gasteiger partial charge in [0.15, 0.2) is 0 Å². The van der Waals surface area contributed by atoms with Gasteiger partial charge in [-0.15, -0.1) is 0 Å². The summed E-state index contributed by atoms with van der Waals surface area (Å²) in [6.45, 7) is 0.581. The van der Waals surface area contributed by atoms with E-state index in [-0.39, 0.29) is 12.2 Å². The molecule has 1 aliphatic heterocycles. The topological polar surface area (TPSA) is 86.9 Å². The number of hydrogen-bond acceptors (Lipinski definition) is 6. The van der Waals surface area contributed by atoms with Crippen molar-refractivity contribution in [2.75, 3.05) is 18.1 Å². The molecule has 0 fully saturated rings. The summed E-state index contributed by atoms with van der Waals surface area (Å²) in [5, 5.41) is 19.8. The molecule has 0 spiro atoms. The molecule has 0 atom stereocenters. The second-order valence-corrected chi connectivity index (χ2v) is 6.64. The number of fused-ring (bicyclic) bond motifs is 1. The highest BCUT2D eigenvalue weighted by Crippen LogP contribution is 2.38. The van der Waals surface area contributed by atoms with E-state index in [2.05, 4.69) is 0 Å². The van der Waals surface area contributed by atoms with Crippen LogP contribution in [0.25, 0.3) is 0 Å². The Morgan fingerprint density at radius 1 is 1.28 bits per heavy atom. The highest BCUT2D eigenvalue weighted by atomic mass is 32.2. The normalized spacial score (nSPS) is 14.2. The lowest BCUT2D eigenvalue weighted by Crippen LogP contribution is -2.40. The first-order valence-corrected chi connectivity index (χ1v) is 8.12. The fraction of sp³-hybridized carbons (Fsp3) is 0.188. The largest absolute Gasteiger partial charge is 0.480 e. The molecule has 25 heavy (non-hydrogen) atoms. The second-order valence-electron chi connectivity index (χ2n) is 5.50. The van der Waals surface area contributed by atoms with Gasteiger partial charge in [-0.2, -0.15) is 0 Å². The van der Waals surface area contributed by atoms with E-state index >= 15 is 0 Å². The van der Waals surface area contributed by atoms with Crippen molar-refractivity contribution in [1.29, 1.82) is 0 Å². The minimum absolute atomic E-state index is 0.00923. The molecule has 3 rings (SSSR count). The third-order valence-electron chi connectivity index (χ3n) is 3.65. The zero-order valence-electron chi connectivity index (χ0n) is 13.0. The van der Waals surface area contributed by atoms with Crippen molar-refractivity contribution in [1.82, 2.24) is 4.31 Å². The van der Waals surface area contributed by atoms with Gasteiger partial charge in [-0.05, 0) is 35.7 Å². The maximum Gasteiger partial charge on any atom is 0.323 e. The van der Waals surface area contributed by atoms with Crippen LogP contribution >= 0.6 is 11.9 Å². The van der Waals surface area contributed by atoms with Crippen molar-refractivity contribution >= 4 is 29.3 Å². The van der Waals surface area contributed by atoms with Gasteiger partial charge in [-0.25, -0.2) is 8.70 Å². The summed E-state index contributed by atoms with van der Waals surface area (Å²) in [4.78, 5) is 23.6. The number of aliphatic carboxylic acids is 1. The molecule has 2 aromatic carbocycles. The number of halogens is 1. The highest BCUT2D eigenvalue weighted by Gasteiger charge is 2.25. The van der Waals surface area contributed by atoms with Crippen LogP contribution < -0.4 is 4.90 Å². The average molecular weight is 363 g/mol. The molecule has 1 heterocycles. The number of nitrogens with zero attached hydrogens (tertiary/aromatic N) is 3. The van der Waals surface area contributed by atoms with Gasteiger partial charge in [0.05, 0.1) is 17.3 Å². The van der Waals surface area contributed by atoms with Crippen LogP contribution in [-0.2, 0) is 11.3 Å². The van der Waals surface area contributed by atoms with Crippen molar-refractivity contribution in [2.45, 2.75) is 11.4 Å². The van der Waals surface area contributed by atoms with Crippen molar-refractivity contribution in [3.05, 3.63) is 64.0 Å². The van der Waals surface area contributed by atoms with Gasteiger partial charge in [-0.3, -0.25) is 14.9 Å². The van der Waals surface area contributed by atoms with Gasteiger partial charge < -0.3 is 10.0 Å². The fourth-order valence-corrected chi connectivity index (χ4v) is 3.71. The summed E-state index contributed by atoms with van der Waals surface area (Å²) in [6, 6.07) is 10.4. The minimum atomic E-state index is -0.975. The number of rotatable bonds is 5. The minimum Gasteiger partial charge on any atom is -0.480 e. The van der Waals surface area contributed by atoms with Gasteiger partial charge >= 0.3 is 5.97 Å². The van der Waals surface area contributed by atoms with Crippen molar-refractivity contribution < 1.29 is 19.2 Å². The zero-order valence-corrected chi connectivity index (χ0v) is 13.8. The average Bonchev–Trinajstić information content (AvgIpc) is 2.54. The standard InChI is InChI=1S/C16H14FN3O4S/c17-12-3-6-14-15(7-12)25-19(10-18(14)9-16(21)22)8-11-1-4-13(5-2-11)20(23)24/h1-7H,8-10H2,(H,21,22). The molecule has 0 bridgehead atoms. The molecule has 0 saturated carbocycles.